The molecule has 8 nitrogen and oxygen atoms in total. The number of hydrogen-bond acceptors (Lipinski definition) is 5. The van der Waals surface area contributed by atoms with Crippen LogP contribution in [0, 0.1) is 0 Å². The van der Waals surface area contributed by atoms with Crippen molar-refractivity contribution < 1.29 is 9.53 Å². The number of methoxy groups -OCH3 is 1. The van der Waals surface area contributed by atoms with Crippen LogP contribution in [0.1, 0.15) is 29.8 Å². The van der Waals surface area contributed by atoms with E-state index in [4.69, 9.17) is 4.74 Å². The highest BCUT2D eigenvalue weighted by Gasteiger charge is 2.50. The van der Waals surface area contributed by atoms with Gasteiger partial charge in [0, 0.05) is 18.5 Å². The predicted octanol–water partition coefficient (Wildman–Crippen LogP) is 0.976. The van der Waals surface area contributed by atoms with Crippen molar-refractivity contribution in [3.8, 4) is 5.75 Å². The molecule has 1 aliphatic carbocycles. The van der Waals surface area contributed by atoms with Gasteiger partial charge in [0.05, 0.1) is 20.7 Å². The molecule has 1 fully saturated rings. The fourth-order valence-electron chi connectivity index (χ4n) is 3.41. The minimum Gasteiger partial charge on any atom is -0.497 e. The smallest absolute Gasteiger partial charge is 0.318 e. The van der Waals surface area contributed by atoms with Crippen molar-refractivity contribution in [1.82, 2.24) is 30.4 Å². The van der Waals surface area contributed by atoms with Gasteiger partial charge in [-0.2, -0.15) is 4.80 Å². The number of aryl methyl sites for hydroxylation is 1. The Balaban J connectivity index is 1.48. The summed E-state index contributed by atoms with van der Waals surface area (Å²) in [6, 6.07) is 6.06. The van der Waals surface area contributed by atoms with Crippen LogP contribution in [0.4, 0.5) is 4.79 Å². The predicted molar refractivity (Wildman–Crippen MR) is 85.3 cm³/mol. The molecule has 0 saturated heterocycles. The van der Waals surface area contributed by atoms with E-state index in [1.807, 2.05) is 11.0 Å². The number of carbonyl (C=O) groups excluding carboxylic acids is 1. The van der Waals surface area contributed by atoms with E-state index < -0.39 is 0 Å². The molecule has 2 amide bonds. The Morgan fingerprint density at radius 3 is 2.92 bits per heavy atom. The standard InChI is InChI=1S/C16H20N6O2/c1-21-19-14(18-20-21)8-17-15(23)22-9-11-3-4-12(24-2)7-13(11)16(10-22)5-6-16/h3-4,7H,5-6,8-10H2,1-2H3,(H,17,23). The summed E-state index contributed by atoms with van der Waals surface area (Å²) in [6.07, 6.45) is 2.23. The summed E-state index contributed by atoms with van der Waals surface area (Å²) in [4.78, 5) is 15.8. The van der Waals surface area contributed by atoms with Crippen LogP contribution in [0.2, 0.25) is 0 Å². The van der Waals surface area contributed by atoms with E-state index in [1.165, 1.54) is 15.9 Å². The average Bonchev–Trinajstić information content (AvgIpc) is 3.24. The summed E-state index contributed by atoms with van der Waals surface area (Å²) in [7, 11) is 3.38. The lowest BCUT2D eigenvalue weighted by molar-refractivity contribution is 0.182. The summed E-state index contributed by atoms with van der Waals surface area (Å²) in [5.41, 5.74) is 2.64. The lowest BCUT2D eigenvalue weighted by Crippen LogP contribution is -2.46. The third-order valence-corrected chi connectivity index (χ3v) is 4.83. The normalized spacial score (nSPS) is 17.5. The molecule has 0 bridgehead atoms. The Kier molecular flexibility index (Phi) is 3.40. The van der Waals surface area contributed by atoms with Gasteiger partial charge in [0.1, 0.15) is 5.75 Å². The highest BCUT2D eigenvalue weighted by atomic mass is 16.5. The second-order valence-electron chi connectivity index (χ2n) is 6.51. The Morgan fingerprint density at radius 1 is 1.42 bits per heavy atom. The van der Waals surface area contributed by atoms with E-state index in [9.17, 15) is 4.79 Å². The number of carbonyl (C=O) groups is 1. The molecule has 2 aliphatic rings. The van der Waals surface area contributed by atoms with Crippen molar-refractivity contribution in [2.45, 2.75) is 31.3 Å². The molecule has 2 heterocycles. The van der Waals surface area contributed by atoms with Gasteiger partial charge in [0.2, 0.25) is 0 Å². The van der Waals surface area contributed by atoms with Gasteiger partial charge < -0.3 is 15.0 Å². The summed E-state index contributed by atoms with van der Waals surface area (Å²) >= 11 is 0. The van der Waals surface area contributed by atoms with Gasteiger partial charge in [-0.25, -0.2) is 4.79 Å². The number of hydrogen-bond donors (Lipinski definition) is 1. The molecule has 1 N–H and O–H groups in total. The number of rotatable bonds is 3. The molecule has 1 aromatic heterocycles. The van der Waals surface area contributed by atoms with Gasteiger partial charge in [-0.05, 0) is 41.3 Å². The average molecular weight is 328 g/mol. The number of aromatic nitrogens is 4. The maximum atomic E-state index is 12.5. The minimum atomic E-state index is -0.0878. The number of nitrogens with zero attached hydrogens (tertiary/aromatic N) is 5. The van der Waals surface area contributed by atoms with Crippen LogP contribution >= 0.6 is 0 Å². The molecule has 0 atom stereocenters. The van der Waals surface area contributed by atoms with Crippen LogP contribution in [0.25, 0.3) is 0 Å². The van der Waals surface area contributed by atoms with Crippen LogP contribution in [0.3, 0.4) is 0 Å². The highest BCUT2D eigenvalue weighted by Crippen LogP contribution is 2.53. The first kappa shape index (κ1) is 14.9. The number of ether oxygens (including phenoxy) is 1. The molecule has 8 heteroatoms. The lowest BCUT2D eigenvalue weighted by Gasteiger charge is -2.35. The van der Waals surface area contributed by atoms with Crippen molar-refractivity contribution in [3.63, 3.8) is 0 Å². The van der Waals surface area contributed by atoms with Crippen molar-refractivity contribution in [1.29, 1.82) is 0 Å². The van der Waals surface area contributed by atoms with E-state index in [2.05, 4.69) is 32.9 Å². The molecule has 1 saturated carbocycles. The van der Waals surface area contributed by atoms with Crippen LogP contribution in [0.5, 0.6) is 5.75 Å². The topological polar surface area (TPSA) is 85.2 Å². The number of tetrazole rings is 1. The largest absolute Gasteiger partial charge is 0.497 e. The summed E-state index contributed by atoms with van der Waals surface area (Å²) in [5, 5.41) is 14.6. The van der Waals surface area contributed by atoms with Gasteiger partial charge >= 0.3 is 6.03 Å². The summed E-state index contributed by atoms with van der Waals surface area (Å²) < 4.78 is 5.35. The monoisotopic (exact) mass is 328 g/mol. The quantitative estimate of drug-likeness (QED) is 0.908. The zero-order chi connectivity index (χ0) is 16.7. The number of fused-ring (bicyclic) bond motifs is 2. The first-order chi connectivity index (χ1) is 11.6. The number of benzene rings is 1. The van der Waals surface area contributed by atoms with Gasteiger partial charge in [-0.3, -0.25) is 0 Å². The van der Waals surface area contributed by atoms with Gasteiger partial charge in [0.25, 0.3) is 0 Å². The fourth-order valence-corrected chi connectivity index (χ4v) is 3.41. The first-order valence-corrected chi connectivity index (χ1v) is 8.03. The molecule has 24 heavy (non-hydrogen) atoms. The minimum absolute atomic E-state index is 0.0878. The second kappa shape index (κ2) is 5.47. The van der Waals surface area contributed by atoms with Crippen molar-refractivity contribution in [2.75, 3.05) is 13.7 Å². The molecule has 1 spiro atoms. The van der Waals surface area contributed by atoms with Crippen LogP contribution in [-0.2, 0) is 25.6 Å². The van der Waals surface area contributed by atoms with Crippen LogP contribution < -0.4 is 10.1 Å². The van der Waals surface area contributed by atoms with E-state index in [1.54, 1.807) is 14.2 Å². The molecular weight excluding hydrogens is 308 g/mol. The van der Waals surface area contributed by atoms with E-state index in [0.717, 1.165) is 25.1 Å². The fraction of sp³-hybridized carbons (Fsp3) is 0.500. The molecule has 126 valence electrons. The Morgan fingerprint density at radius 2 is 2.25 bits per heavy atom. The van der Waals surface area contributed by atoms with Crippen molar-refractivity contribution in [3.05, 3.63) is 35.2 Å². The molecule has 2 aromatic rings. The lowest BCUT2D eigenvalue weighted by atomic mass is 9.87. The van der Waals surface area contributed by atoms with Crippen molar-refractivity contribution in [2.24, 2.45) is 7.05 Å². The number of amides is 2. The van der Waals surface area contributed by atoms with E-state index in [-0.39, 0.29) is 18.0 Å². The third kappa shape index (κ3) is 2.57. The zero-order valence-corrected chi connectivity index (χ0v) is 13.8. The Hall–Kier alpha value is -2.64. The molecule has 0 unspecified atom stereocenters. The number of urea groups is 1. The SMILES string of the molecule is COc1ccc2c(c1)C1(CC1)CN(C(=O)NCc1nnn(C)n1)C2. The van der Waals surface area contributed by atoms with E-state index >= 15 is 0 Å². The van der Waals surface area contributed by atoms with Gasteiger partial charge in [-0.1, -0.05) is 6.07 Å². The maximum absolute atomic E-state index is 12.5. The van der Waals surface area contributed by atoms with Gasteiger partial charge in [0.15, 0.2) is 5.82 Å². The molecule has 4 rings (SSSR count). The molecule has 0 radical (unpaired) electrons. The van der Waals surface area contributed by atoms with Crippen molar-refractivity contribution >= 4 is 6.03 Å². The maximum Gasteiger partial charge on any atom is 0.318 e. The van der Waals surface area contributed by atoms with Crippen LogP contribution in [0.15, 0.2) is 18.2 Å². The number of nitrogens with one attached hydrogen (secondary N) is 1. The van der Waals surface area contributed by atoms with Gasteiger partial charge in [-0.15, -0.1) is 10.2 Å². The Bertz CT molecular complexity index is 783. The second-order valence-corrected chi connectivity index (χ2v) is 6.51. The van der Waals surface area contributed by atoms with E-state index in [0.29, 0.717) is 12.4 Å². The molecule has 1 aromatic carbocycles. The molecular formula is C16H20N6O2. The highest BCUT2D eigenvalue weighted by molar-refractivity contribution is 5.75. The zero-order valence-electron chi connectivity index (χ0n) is 13.8. The first-order valence-electron chi connectivity index (χ1n) is 8.03. The summed E-state index contributed by atoms with van der Waals surface area (Å²) in [6.45, 7) is 1.64. The van der Waals surface area contributed by atoms with Crippen LogP contribution in [-0.4, -0.2) is 44.8 Å². The Labute approximate surface area is 139 Å². The summed E-state index contributed by atoms with van der Waals surface area (Å²) in [5.74, 6) is 1.39. The third-order valence-electron chi connectivity index (χ3n) is 4.83. The molecule has 1 aliphatic heterocycles.